The first-order chi connectivity index (χ1) is 3.87. The van der Waals surface area contributed by atoms with Crippen molar-refractivity contribution in [1.82, 2.24) is 5.32 Å². The standard InChI is InChI=1S/C6H12N2/c7-3-6-1-5(6)2-8-4-6/h5,8H,1-4,7H2/t5-,6-/m1/s1. The largest absolute Gasteiger partial charge is 0.330 e. The normalized spacial score (nSPS) is 51.4. The van der Waals surface area contributed by atoms with Gasteiger partial charge in [0, 0.05) is 6.54 Å². The van der Waals surface area contributed by atoms with Crippen LogP contribution in [0.25, 0.3) is 0 Å². The van der Waals surface area contributed by atoms with Crippen LogP contribution in [0.2, 0.25) is 0 Å². The van der Waals surface area contributed by atoms with E-state index in [4.69, 9.17) is 5.73 Å². The zero-order valence-corrected chi connectivity index (χ0v) is 4.98. The van der Waals surface area contributed by atoms with E-state index >= 15 is 0 Å². The fourth-order valence-corrected chi connectivity index (χ4v) is 1.75. The highest BCUT2D eigenvalue weighted by molar-refractivity contribution is 5.09. The molecule has 2 fully saturated rings. The van der Waals surface area contributed by atoms with E-state index in [9.17, 15) is 0 Å². The molecule has 2 heteroatoms. The highest BCUT2D eigenvalue weighted by Gasteiger charge is 2.55. The third kappa shape index (κ3) is 0.400. The number of rotatable bonds is 1. The molecule has 1 saturated heterocycles. The molecule has 0 bridgehead atoms. The minimum Gasteiger partial charge on any atom is -0.330 e. The Morgan fingerprint density at radius 2 is 2.62 bits per heavy atom. The summed E-state index contributed by atoms with van der Waals surface area (Å²) in [6.45, 7) is 3.29. The van der Waals surface area contributed by atoms with Gasteiger partial charge in [0.25, 0.3) is 0 Å². The first-order valence-corrected chi connectivity index (χ1v) is 3.28. The minimum absolute atomic E-state index is 0.569. The van der Waals surface area contributed by atoms with E-state index in [1.54, 1.807) is 0 Å². The van der Waals surface area contributed by atoms with Gasteiger partial charge in [-0.25, -0.2) is 0 Å². The van der Waals surface area contributed by atoms with Gasteiger partial charge < -0.3 is 11.1 Å². The fourth-order valence-electron chi connectivity index (χ4n) is 1.75. The highest BCUT2D eigenvalue weighted by atomic mass is 15.0. The molecule has 0 unspecified atom stereocenters. The van der Waals surface area contributed by atoms with Crippen LogP contribution >= 0.6 is 0 Å². The Kier molecular flexibility index (Phi) is 0.746. The van der Waals surface area contributed by atoms with Crippen LogP contribution in [0.3, 0.4) is 0 Å². The van der Waals surface area contributed by atoms with Crippen LogP contribution in [0.15, 0.2) is 0 Å². The molecule has 2 nitrogen and oxygen atoms in total. The molecule has 1 aliphatic heterocycles. The molecule has 3 N–H and O–H groups in total. The summed E-state index contributed by atoms with van der Waals surface area (Å²) in [7, 11) is 0. The molecule has 0 aromatic carbocycles. The molecule has 0 aromatic rings. The molecule has 0 spiro atoms. The molecular weight excluding hydrogens is 100 g/mol. The number of hydrogen-bond donors (Lipinski definition) is 2. The first-order valence-electron chi connectivity index (χ1n) is 3.28. The Morgan fingerprint density at radius 3 is 2.88 bits per heavy atom. The average molecular weight is 112 g/mol. The Labute approximate surface area is 49.4 Å². The molecule has 1 heterocycles. The van der Waals surface area contributed by atoms with Crippen molar-refractivity contribution in [2.24, 2.45) is 17.1 Å². The second-order valence-electron chi connectivity index (χ2n) is 3.10. The van der Waals surface area contributed by atoms with E-state index < -0.39 is 0 Å². The Morgan fingerprint density at radius 1 is 1.75 bits per heavy atom. The van der Waals surface area contributed by atoms with Crippen LogP contribution in [0.1, 0.15) is 6.42 Å². The molecule has 8 heavy (non-hydrogen) atoms. The molecule has 2 atom stereocenters. The lowest BCUT2D eigenvalue weighted by Crippen LogP contribution is -2.23. The van der Waals surface area contributed by atoms with E-state index in [-0.39, 0.29) is 0 Å². The molecule has 2 aliphatic rings. The maximum Gasteiger partial charge on any atom is 0.00233 e. The Bertz CT molecular complexity index is 109. The maximum atomic E-state index is 5.57. The maximum absolute atomic E-state index is 5.57. The van der Waals surface area contributed by atoms with Crippen molar-refractivity contribution in [2.45, 2.75) is 6.42 Å². The summed E-state index contributed by atoms with van der Waals surface area (Å²) in [4.78, 5) is 0. The third-order valence-electron chi connectivity index (χ3n) is 2.63. The van der Waals surface area contributed by atoms with Crippen molar-refractivity contribution < 1.29 is 0 Å². The minimum atomic E-state index is 0.569. The van der Waals surface area contributed by atoms with Crippen LogP contribution in [0.5, 0.6) is 0 Å². The van der Waals surface area contributed by atoms with Gasteiger partial charge in [0.1, 0.15) is 0 Å². The summed E-state index contributed by atoms with van der Waals surface area (Å²) in [5, 5.41) is 3.33. The number of hydrogen-bond acceptors (Lipinski definition) is 2. The summed E-state index contributed by atoms with van der Waals surface area (Å²) < 4.78 is 0. The van der Waals surface area contributed by atoms with Crippen molar-refractivity contribution in [3.8, 4) is 0 Å². The van der Waals surface area contributed by atoms with Gasteiger partial charge in [0.2, 0.25) is 0 Å². The third-order valence-corrected chi connectivity index (χ3v) is 2.63. The predicted octanol–water partition coefficient (Wildman–Crippen LogP) is -0.445. The summed E-state index contributed by atoms with van der Waals surface area (Å²) in [6.07, 6.45) is 1.39. The van der Waals surface area contributed by atoms with E-state index in [1.807, 2.05) is 0 Å². The Hall–Kier alpha value is -0.0800. The number of fused-ring (bicyclic) bond motifs is 1. The van der Waals surface area contributed by atoms with E-state index in [2.05, 4.69) is 5.32 Å². The monoisotopic (exact) mass is 112 g/mol. The van der Waals surface area contributed by atoms with Crippen molar-refractivity contribution >= 4 is 0 Å². The zero-order chi connectivity index (χ0) is 5.61. The predicted molar refractivity (Wildman–Crippen MR) is 32.5 cm³/mol. The van der Waals surface area contributed by atoms with Crippen molar-refractivity contribution in [3.05, 3.63) is 0 Å². The van der Waals surface area contributed by atoms with Crippen molar-refractivity contribution in [1.29, 1.82) is 0 Å². The molecule has 1 aliphatic carbocycles. The molecule has 0 radical (unpaired) electrons. The summed E-state index contributed by atoms with van der Waals surface area (Å²) in [6, 6.07) is 0. The van der Waals surface area contributed by atoms with Gasteiger partial charge in [0.15, 0.2) is 0 Å². The summed E-state index contributed by atoms with van der Waals surface area (Å²) in [5.74, 6) is 0.937. The van der Waals surface area contributed by atoms with Crippen LogP contribution in [-0.2, 0) is 0 Å². The smallest absolute Gasteiger partial charge is 0.00233 e. The van der Waals surface area contributed by atoms with Gasteiger partial charge in [-0.05, 0) is 30.8 Å². The second-order valence-corrected chi connectivity index (χ2v) is 3.10. The van der Waals surface area contributed by atoms with Gasteiger partial charge in [-0.2, -0.15) is 0 Å². The van der Waals surface area contributed by atoms with Crippen LogP contribution in [-0.4, -0.2) is 19.6 Å². The van der Waals surface area contributed by atoms with Crippen molar-refractivity contribution in [3.63, 3.8) is 0 Å². The van der Waals surface area contributed by atoms with Gasteiger partial charge in [-0.15, -0.1) is 0 Å². The fraction of sp³-hybridized carbons (Fsp3) is 1.00. The summed E-state index contributed by atoms with van der Waals surface area (Å²) in [5.41, 5.74) is 6.14. The first kappa shape index (κ1) is 4.77. The number of piperidine rings is 1. The second kappa shape index (κ2) is 1.25. The molecule has 0 aromatic heterocycles. The lowest BCUT2D eigenvalue weighted by Gasteiger charge is -2.04. The number of nitrogens with two attached hydrogens (primary N) is 1. The quantitative estimate of drug-likeness (QED) is 0.482. The molecule has 1 saturated carbocycles. The van der Waals surface area contributed by atoms with Crippen LogP contribution in [0, 0.1) is 11.3 Å². The highest BCUT2D eigenvalue weighted by Crippen LogP contribution is 2.53. The van der Waals surface area contributed by atoms with E-state index in [0.717, 1.165) is 12.5 Å². The SMILES string of the molecule is NC[C@]12CNC[C@H]1C2. The van der Waals surface area contributed by atoms with Gasteiger partial charge in [-0.1, -0.05) is 0 Å². The molecule has 0 amide bonds. The molecule has 46 valence electrons. The van der Waals surface area contributed by atoms with Gasteiger partial charge in [0.05, 0.1) is 0 Å². The Balaban J connectivity index is 2.08. The topological polar surface area (TPSA) is 38.0 Å². The zero-order valence-electron chi connectivity index (χ0n) is 4.98. The number of nitrogens with one attached hydrogen (secondary N) is 1. The summed E-state index contributed by atoms with van der Waals surface area (Å²) >= 11 is 0. The van der Waals surface area contributed by atoms with Gasteiger partial charge in [-0.3, -0.25) is 0 Å². The van der Waals surface area contributed by atoms with Crippen molar-refractivity contribution in [2.75, 3.05) is 19.6 Å². The average Bonchev–Trinajstić information content (AvgIpc) is 2.38. The van der Waals surface area contributed by atoms with E-state index in [1.165, 1.54) is 19.5 Å². The van der Waals surface area contributed by atoms with E-state index in [0.29, 0.717) is 5.41 Å². The molecular formula is C6H12N2. The van der Waals surface area contributed by atoms with Crippen LogP contribution in [0.4, 0.5) is 0 Å². The lowest BCUT2D eigenvalue weighted by molar-refractivity contribution is 0.528. The van der Waals surface area contributed by atoms with Gasteiger partial charge >= 0.3 is 0 Å². The lowest BCUT2D eigenvalue weighted by atomic mass is 10.1. The molecule has 2 rings (SSSR count). The van der Waals surface area contributed by atoms with Crippen LogP contribution < -0.4 is 11.1 Å².